The molecule has 0 aliphatic carbocycles. The van der Waals surface area contributed by atoms with E-state index in [1.54, 1.807) is 31.2 Å². The molecule has 1 aliphatic rings. The van der Waals surface area contributed by atoms with E-state index in [1.165, 1.54) is 17.0 Å². The maximum atomic E-state index is 12.8. The van der Waals surface area contributed by atoms with E-state index < -0.39 is 15.8 Å². The number of carbonyl (C=O) groups excluding carboxylic acids is 1. The van der Waals surface area contributed by atoms with Gasteiger partial charge in [-0.3, -0.25) is 25.0 Å². The molecule has 28 heavy (non-hydrogen) atoms. The molecule has 1 saturated heterocycles. The van der Waals surface area contributed by atoms with Gasteiger partial charge in [-0.25, -0.2) is 0 Å². The van der Waals surface area contributed by atoms with E-state index in [-0.39, 0.29) is 22.0 Å². The van der Waals surface area contributed by atoms with E-state index in [0.717, 1.165) is 0 Å². The van der Waals surface area contributed by atoms with Gasteiger partial charge in [0.05, 0.1) is 9.85 Å². The Morgan fingerprint density at radius 3 is 2.32 bits per heavy atom. The summed E-state index contributed by atoms with van der Waals surface area (Å²) in [5.41, 5.74) is 0.620. The maximum Gasteiger partial charge on any atom is 0.294 e. The number of amides is 1. The van der Waals surface area contributed by atoms with Gasteiger partial charge >= 0.3 is 0 Å². The Bertz CT molecular complexity index is 957. The van der Waals surface area contributed by atoms with E-state index in [2.05, 4.69) is 0 Å². The minimum absolute atomic E-state index is 0.0518. The van der Waals surface area contributed by atoms with Crippen molar-refractivity contribution < 1.29 is 14.6 Å². The molecular formula is C18H17ClN4O5. The fraction of sp³-hybridized carbons (Fsp3) is 0.278. The van der Waals surface area contributed by atoms with Crippen molar-refractivity contribution in [1.82, 2.24) is 4.90 Å². The average Bonchev–Trinajstić information content (AvgIpc) is 2.67. The van der Waals surface area contributed by atoms with Crippen molar-refractivity contribution in [2.24, 2.45) is 0 Å². The maximum absolute atomic E-state index is 12.8. The SMILES string of the molecule is Cc1cccc(C(=O)N2CCN(c3ccc(Cl)cc3[N+](=O)[O-])CC2)c1[N+](=O)[O-]. The Kier molecular flexibility index (Phi) is 5.46. The topological polar surface area (TPSA) is 110 Å². The number of piperazine rings is 1. The molecule has 10 heteroatoms. The number of halogens is 1. The van der Waals surface area contributed by atoms with Crippen molar-refractivity contribution in [1.29, 1.82) is 0 Å². The molecular weight excluding hydrogens is 388 g/mol. The number of carbonyl (C=O) groups is 1. The van der Waals surface area contributed by atoms with Gasteiger partial charge < -0.3 is 9.80 Å². The van der Waals surface area contributed by atoms with Gasteiger partial charge in [0.25, 0.3) is 17.3 Å². The first kappa shape index (κ1) is 19.6. The summed E-state index contributed by atoms with van der Waals surface area (Å²) in [5.74, 6) is -0.416. The van der Waals surface area contributed by atoms with Crippen molar-refractivity contribution in [3.63, 3.8) is 0 Å². The van der Waals surface area contributed by atoms with Crippen LogP contribution in [0.25, 0.3) is 0 Å². The molecule has 0 atom stereocenters. The molecule has 2 aromatic carbocycles. The largest absolute Gasteiger partial charge is 0.362 e. The van der Waals surface area contributed by atoms with E-state index >= 15 is 0 Å². The molecule has 0 spiro atoms. The summed E-state index contributed by atoms with van der Waals surface area (Å²) in [6.45, 7) is 2.92. The average molecular weight is 405 g/mol. The first-order valence-electron chi connectivity index (χ1n) is 8.51. The second-order valence-corrected chi connectivity index (χ2v) is 6.83. The molecule has 1 aliphatic heterocycles. The van der Waals surface area contributed by atoms with Crippen LogP contribution in [-0.2, 0) is 0 Å². The number of nitro groups is 2. The highest BCUT2D eigenvalue weighted by Gasteiger charge is 2.30. The number of para-hydroxylation sites is 1. The van der Waals surface area contributed by atoms with Crippen LogP contribution >= 0.6 is 11.6 Å². The first-order valence-corrected chi connectivity index (χ1v) is 8.89. The van der Waals surface area contributed by atoms with Crippen molar-refractivity contribution in [3.05, 3.63) is 72.8 Å². The van der Waals surface area contributed by atoms with Crippen LogP contribution in [0.2, 0.25) is 5.02 Å². The molecule has 3 rings (SSSR count). The molecule has 0 N–H and O–H groups in total. The molecule has 2 aromatic rings. The van der Waals surface area contributed by atoms with Gasteiger partial charge in [-0.15, -0.1) is 0 Å². The highest BCUT2D eigenvalue weighted by atomic mass is 35.5. The lowest BCUT2D eigenvalue weighted by atomic mass is 10.1. The number of nitro benzene ring substituents is 2. The Morgan fingerprint density at radius 1 is 1.04 bits per heavy atom. The van der Waals surface area contributed by atoms with Gasteiger partial charge in [0, 0.05) is 42.8 Å². The monoisotopic (exact) mass is 404 g/mol. The predicted molar refractivity (Wildman–Crippen MR) is 104 cm³/mol. The van der Waals surface area contributed by atoms with Crippen molar-refractivity contribution in [3.8, 4) is 0 Å². The molecule has 146 valence electrons. The number of anilines is 1. The van der Waals surface area contributed by atoms with Crippen molar-refractivity contribution in [2.45, 2.75) is 6.92 Å². The number of aryl methyl sites for hydroxylation is 1. The molecule has 0 bridgehead atoms. The Hall–Kier alpha value is -3.20. The normalized spacial score (nSPS) is 14.1. The number of benzene rings is 2. The first-order chi connectivity index (χ1) is 13.3. The van der Waals surface area contributed by atoms with Crippen LogP contribution in [0.4, 0.5) is 17.1 Å². The summed E-state index contributed by atoms with van der Waals surface area (Å²) in [5, 5.41) is 22.9. The molecule has 0 radical (unpaired) electrons. The van der Waals surface area contributed by atoms with Crippen molar-refractivity contribution in [2.75, 3.05) is 31.1 Å². The van der Waals surface area contributed by atoms with E-state index in [4.69, 9.17) is 11.6 Å². The molecule has 1 fully saturated rings. The van der Waals surface area contributed by atoms with Crippen LogP contribution in [0, 0.1) is 27.2 Å². The summed E-state index contributed by atoms with van der Waals surface area (Å²) in [6, 6.07) is 9.12. The summed E-state index contributed by atoms with van der Waals surface area (Å²) in [6.07, 6.45) is 0. The summed E-state index contributed by atoms with van der Waals surface area (Å²) < 4.78 is 0. The van der Waals surface area contributed by atoms with Crippen LogP contribution < -0.4 is 4.90 Å². The summed E-state index contributed by atoms with van der Waals surface area (Å²) >= 11 is 5.85. The number of nitrogens with zero attached hydrogens (tertiary/aromatic N) is 4. The smallest absolute Gasteiger partial charge is 0.294 e. The van der Waals surface area contributed by atoms with E-state index in [1.807, 2.05) is 4.90 Å². The third kappa shape index (κ3) is 3.74. The minimum atomic E-state index is -0.546. The van der Waals surface area contributed by atoms with Crippen LogP contribution in [0.1, 0.15) is 15.9 Å². The standard InChI is InChI=1S/C18H17ClN4O5/c1-12-3-2-4-14(17(12)23(27)28)18(24)21-9-7-20(8-10-21)15-6-5-13(19)11-16(15)22(25)26/h2-6,11H,7-10H2,1H3. The fourth-order valence-corrected chi connectivity index (χ4v) is 3.47. The Labute approximate surface area is 165 Å². The lowest BCUT2D eigenvalue weighted by Crippen LogP contribution is -2.49. The van der Waals surface area contributed by atoms with Crippen LogP contribution in [0.15, 0.2) is 36.4 Å². The zero-order valence-electron chi connectivity index (χ0n) is 15.0. The van der Waals surface area contributed by atoms with Crippen LogP contribution in [0.5, 0.6) is 0 Å². The van der Waals surface area contributed by atoms with E-state index in [9.17, 15) is 25.0 Å². The molecule has 9 nitrogen and oxygen atoms in total. The number of rotatable bonds is 4. The second kappa shape index (κ2) is 7.81. The lowest BCUT2D eigenvalue weighted by molar-refractivity contribution is -0.385. The van der Waals surface area contributed by atoms with Gasteiger partial charge in [-0.1, -0.05) is 23.7 Å². The summed E-state index contributed by atoms with van der Waals surface area (Å²) in [4.78, 5) is 37.8. The third-order valence-electron chi connectivity index (χ3n) is 4.69. The summed E-state index contributed by atoms with van der Waals surface area (Å²) in [7, 11) is 0. The molecule has 0 saturated carbocycles. The Balaban J connectivity index is 1.78. The van der Waals surface area contributed by atoms with Gasteiger partial charge in [0.1, 0.15) is 11.3 Å². The van der Waals surface area contributed by atoms with Gasteiger partial charge in [-0.2, -0.15) is 0 Å². The number of hydrogen-bond donors (Lipinski definition) is 0. The van der Waals surface area contributed by atoms with E-state index in [0.29, 0.717) is 37.4 Å². The Morgan fingerprint density at radius 2 is 1.71 bits per heavy atom. The lowest BCUT2D eigenvalue weighted by Gasteiger charge is -2.35. The van der Waals surface area contributed by atoms with Crippen LogP contribution in [0.3, 0.4) is 0 Å². The van der Waals surface area contributed by atoms with Gasteiger partial charge in [-0.05, 0) is 25.1 Å². The third-order valence-corrected chi connectivity index (χ3v) is 4.93. The number of hydrogen-bond acceptors (Lipinski definition) is 6. The van der Waals surface area contributed by atoms with Gasteiger partial charge in [0.15, 0.2) is 0 Å². The second-order valence-electron chi connectivity index (χ2n) is 6.40. The zero-order valence-corrected chi connectivity index (χ0v) is 15.8. The molecule has 1 amide bonds. The fourth-order valence-electron chi connectivity index (χ4n) is 3.30. The highest BCUT2D eigenvalue weighted by Crippen LogP contribution is 2.32. The van der Waals surface area contributed by atoms with Gasteiger partial charge in [0.2, 0.25) is 0 Å². The minimum Gasteiger partial charge on any atom is -0.362 e. The van der Waals surface area contributed by atoms with Crippen LogP contribution in [-0.4, -0.2) is 46.8 Å². The predicted octanol–water partition coefficient (Wildman–Crippen LogP) is 3.43. The highest BCUT2D eigenvalue weighted by molar-refractivity contribution is 6.30. The molecule has 1 heterocycles. The molecule has 0 aromatic heterocycles. The quantitative estimate of drug-likeness (QED) is 0.570. The zero-order chi connectivity index (χ0) is 20.4. The van der Waals surface area contributed by atoms with Crippen molar-refractivity contribution >= 4 is 34.6 Å². The molecule has 0 unspecified atom stereocenters.